The molecule has 0 aromatic carbocycles. The molecule has 0 bridgehead atoms. The van der Waals surface area contributed by atoms with Gasteiger partial charge in [0.25, 0.3) is 0 Å². The summed E-state index contributed by atoms with van der Waals surface area (Å²) in [4.78, 5) is 8.92. The van der Waals surface area contributed by atoms with Gasteiger partial charge in [0.2, 0.25) is 5.88 Å². The van der Waals surface area contributed by atoms with E-state index < -0.39 is 0 Å². The minimum Gasteiger partial charge on any atom is -0.475 e. The first-order valence-corrected chi connectivity index (χ1v) is 6.88. The molecule has 19 heavy (non-hydrogen) atoms. The molecule has 1 rings (SSSR count). The third-order valence-electron chi connectivity index (χ3n) is 2.63. The van der Waals surface area contributed by atoms with Gasteiger partial charge in [-0.3, -0.25) is 0 Å². The fourth-order valence-electron chi connectivity index (χ4n) is 1.68. The molecule has 0 saturated heterocycles. The normalized spacial score (nSPS) is 10.8. The van der Waals surface area contributed by atoms with E-state index in [9.17, 15) is 0 Å². The first-order valence-electron chi connectivity index (χ1n) is 6.88. The van der Waals surface area contributed by atoms with Crippen LogP contribution in [0.25, 0.3) is 0 Å². The Bertz CT molecular complexity index is 395. The summed E-state index contributed by atoms with van der Waals surface area (Å²) in [5.74, 6) is 2.30. The van der Waals surface area contributed by atoms with Crippen molar-refractivity contribution in [3.05, 3.63) is 11.4 Å². The van der Waals surface area contributed by atoms with Crippen molar-refractivity contribution in [1.82, 2.24) is 9.97 Å². The van der Waals surface area contributed by atoms with E-state index in [1.807, 2.05) is 27.8 Å². The highest BCUT2D eigenvalue weighted by atomic mass is 16.5. The van der Waals surface area contributed by atoms with E-state index in [2.05, 4.69) is 22.2 Å². The third kappa shape index (κ3) is 5.03. The lowest BCUT2D eigenvalue weighted by Crippen LogP contribution is -2.13. The first-order chi connectivity index (χ1) is 9.08. The Morgan fingerprint density at radius 2 is 1.95 bits per heavy atom. The Hall–Kier alpha value is -1.36. The maximum absolute atomic E-state index is 5.70. The summed E-state index contributed by atoms with van der Waals surface area (Å²) in [7, 11) is 1.86. The lowest BCUT2D eigenvalue weighted by Gasteiger charge is -2.13. The number of ether oxygens (including phenoxy) is 2. The van der Waals surface area contributed by atoms with Gasteiger partial charge in [0.05, 0.1) is 18.3 Å². The van der Waals surface area contributed by atoms with Crippen LogP contribution in [0.15, 0.2) is 0 Å². The van der Waals surface area contributed by atoms with Crippen molar-refractivity contribution in [3.8, 4) is 5.88 Å². The van der Waals surface area contributed by atoms with E-state index in [1.54, 1.807) is 0 Å². The number of nitrogens with one attached hydrogen (secondary N) is 1. The van der Waals surface area contributed by atoms with Crippen molar-refractivity contribution in [2.24, 2.45) is 0 Å². The summed E-state index contributed by atoms with van der Waals surface area (Å²) < 4.78 is 11.2. The second-order valence-electron chi connectivity index (χ2n) is 4.69. The van der Waals surface area contributed by atoms with Crippen molar-refractivity contribution in [3.63, 3.8) is 0 Å². The fraction of sp³-hybridized carbons (Fsp3) is 0.714. The predicted octanol–water partition coefficient (Wildman–Crippen LogP) is 2.58. The van der Waals surface area contributed by atoms with Crippen LogP contribution in [0.5, 0.6) is 5.88 Å². The molecule has 5 heteroatoms. The van der Waals surface area contributed by atoms with Crippen LogP contribution in [0.3, 0.4) is 0 Å². The molecule has 0 aliphatic heterocycles. The molecule has 0 radical (unpaired) electrons. The molecule has 5 nitrogen and oxygen atoms in total. The Morgan fingerprint density at radius 1 is 1.21 bits per heavy atom. The molecule has 0 aliphatic carbocycles. The van der Waals surface area contributed by atoms with Gasteiger partial charge < -0.3 is 14.8 Å². The van der Waals surface area contributed by atoms with Crippen LogP contribution in [-0.4, -0.2) is 36.3 Å². The average molecular weight is 267 g/mol. The van der Waals surface area contributed by atoms with Gasteiger partial charge in [0, 0.05) is 13.5 Å². The highest BCUT2D eigenvalue weighted by Gasteiger charge is 2.10. The zero-order valence-corrected chi connectivity index (χ0v) is 12.6. The number of hydrogen-bond donors (Lipinski definition) is 1. The first kappa shape index (κ1) is 15.7. The molecule has 0 fully saturated rings. The monoisotopic (exact) mass is 267 g/mol. The maximum Gasteiger partial charge on any atom is 0.221 e. The second-order valence-corrected chi connectivity index (χ2v) is 4.69. The van der Waals surface area contributed by atoms with Gasteiger partial charge in [0.15, 0.2) is 0 Å². The molecular formula is C14H25N3O2. The highest BCUT2D eigenvalue weighted by Crippen LogP contribution is 2.22. The minimum absolute atomic E-state index is 0.221. The van der Waals surface area contributed by atoms with E-state index in [1.165, 1.54) is 0 Å². The zero-order chi connectivity index (χ0) is 14.3. The lowest BCUT2D eigenvalue weighted by atomic mass is 10.3. The van der Waals surface area contributed by atoms with Crippen LogP contribution in [0.1, 0.15) is 38.6 Å². The van der Waals surface area contributed by atoms with Crippen LogP contribution < -0.4 is 10.1 Å². The van der Waals surface area contributed by atoms with E-state index in [0.29, 0.717) is 19.1 Å². The van der Waals surface area contributed by atoms with Gasteiger partial charge in [-0.15, -0.1) is 0 Å². The number of nitrogens with zero attached hydrogens (tertiary/aromatic N) is 2. The van der Waals surface area contributed by atoms with Gasteiger partial charge >= 0.3 is 0 Å². The molecular weight excluding hydrogens is 242 g/mol. The summed E-state index contributed by atoms with van der Waals surface area (Å²) in [5, 5.41) is 3.08. The van der Waals surface area contributed by atoms with Gasteiger partial charge in [-0.05, 0) is 27.2 Å². The quantitative estimate of drug-likeness (QED) is 0.734. The van der Waals surface area contributed by atoms with Gasteiger partial charge in [-0.25, -0.2) is 4.98 Å². The van der Waals surface area contributed by atoms with Gasteiger partial charge in [0.1, 0.15) is 18.2 Å². The summed E-state index contributed by atoms with van der Waals surface area (Å²) in [6, 6.07) is 0. The highest BCUT2D eigenvalue weighted by molar-refractivity contribution is 5.48. The molecule has 0 amide bonds. The van der Waals surface area contributed by atoms with Crippen molar-refractivity contribution in [2.75, 3.05) is 25.6 Å². The molecule has 0 unspecified atom stereocenters. The SMILES string of the molecule is CCCc1nc(NC)c(C)c(OCCOC(C)C)n1. The fourth-order valence-corrected chi connectivity index (χ4v) is 1.68. The average Bonchev–Trinajstić information content (AvgIpc) is 2.37. The Labute approximate surface area is 115 Å². The second kappa shape index (κ2) is 7.94. The summed E-state index contributed by atoms with van der Waals surface area (Å²) in [6.07, 6.45) is 2.09. The molecule has 0 atom stereocenters. The van der Waals surface area contributed by atoms with Crippen LogP contribution >= 0.6 is 0 Å². The van der Waals surface area contributed by atoms with Gasteiger partial charge in [-0.2, -0.15) is 4.98 Å². The molecule has 1 N–H and O–H groups in total. The third-order valence-corrected chi connectivity index (χ3v) is 2.63. The van der Waals surface area contributed by atoms with Crippen LogP contribution in [0.4, 0.5) is 5.82 Å². The molecule has 0 saturated carbocycles. The largest absolute Gasteiger partial charge is 0.475 e. The topological polar surface area (TPSA) is 56.3 Å². The number of aryl methyl sites for hydroxylation is 1. The molecule has 0 spiro atoms. The Morgan fingerprint density at radius 3 is 2.53 bits per heavy atom. The smallest absolute Gasteiger partial charge is 0.221 e. The van der Waals surface area contributed by atoms with Crippen molar-refractivity contribution in [1.29, 1.82) is 0 Å². The minimum atomic E-state index is 0.221. The zero-order valence-electron chi connectivity index (χ0n) is 12.6. The number of anilines is 1. The number of rotatable bonds is 8. The number of hydrogen-bond acceptors (Lipinski definition) is 5. The maximum atomic E-state index is 5.70. The molecule has 0 aliphatic rings. The summed E-state index contributed by atoms with van der Waals surface area (Å²) in [6.45, 7) is 9.16. The van der Waals surface area contributed by atoms with Crippen LogP contribution in [0, 0.1) is 6.92 Å². The van der Waals surface area contributed by atoms with E-state index in [4.69, 9.17) is 9.47 Å². The van der Waals surface area contributed by atoms with Crippen molar-refractivity contribution >= 4 is 5.82 Å². The van der Waals surface area contributed by atoms with E-state index in [-0.39, 0.29) is 6.10 Å². The van der Waals surface area contributed by atoms with Crippen molar-refractivity contribution in [2.45, 2.75) is 46.6 Å². The predicted molar refractivity (Wildman–Crippen MR) is 76.9 cm³/mol. The lowest BCUT2D eigenvalue weighted by molar-refractivity contribution is 0.0540. The summed E-state index contributed by atoms with van der Waals surface area (Å²) in [5.41, 5.74) is 0.937. The molecule has 1 heterocycles. The Kier molecular flexibility index (Phi) is 6.56. The van der Waals surface area contributed by atoms with Gasteiger partial charge in [-0.1, -0.05) is 6.92 Å². The van der Waals surface area contributed by atoms with E-state index >= 15 is 0 Å². The van der Waals surface area contributed by atoms with E-state index in [0.717, 1.165) is 30.0 Å². The molecule has 1 aromatic rings. The summed E-state index contributed by atoms with van der Waals surface area (Å²) >= 11 is 0. The van der Waals surface area contributed by atoms with Crippen molar-refractivity contribution < 1.29 is 9.47 Å². The number of aromatic nitrogens is 2. The standard InChI is InChI=1S/C14H25N3O2/c1-6-7-12-16-13(15-5)11(4)14(17-12)19-9-8-18-10(2)3/h10H,6-9H2,1-5H3,(H,15,16,17). The Balaban J connectivity index is 2.71. The molecule has 108 valence electrons. The van der Waals surface area contributed by atoms with Crippen LogP contribution in [0.2, 0.25) is 0 Å². The molecule has 1 aromatic heterocycles. The van der Waals surface area contributed by atoms with Crippen LogP contribution in [-0.2, 0) is 11.2 Å².